The maximum absolute atomic E-state index is 9.58. The van der Waals surface area contributed by atoms with Crippen molar-refractivity contribution < 1.29 is 10.0 Å². The number of nitrogens with one attached hydrogen (secondary N) is 1. The Morgan fingerprint density at radius 3 is 2.64 bits per heavy atom. The van der Waals surface area contributed by atoms with Crippen LogP contribution in [-0.4, -0.2) is 44.1 Å². The first-order chi connectivity index (χ1) is 10.5. The van der Waals surface area contributed by atoms with E-state index in [1.165, 1.54) is 16.0 Å². The van der Waals surface area contributed by atoms with Gasteiger partial charge in [0, 0.05) is 12.8 Å². The number of quaternary nitrogens is 1. The molecule has 6 nitrogen and oxygen atoms in total. The number of hydrogen-bond donors (Lipinski definition) is 2. The molecule has 1 fully saturated rings. The van der Waals surface area contributed by atoms with Crippen molar-refractivity contribution in [3.05, 3.63) is 34.1 Å². The van der Waals surface area contributed by atoms with Gasteiger partial charge in [0.05, 0.1) is 24.9 Å². The predicted octanol–water partition coefficient (Wildman–Crippen LogP) is 0.412. The fraction of sp³-hybridized carbons (Fsp3) is 0.533. The molecule has 22 heavy (non-hydrogen) atoms. The van der Waals surface area contributed by atoms with Crippen LogP contribution in [0.3, 0.4) is 0 Å². The molecule has 0 atom stereocenters. The molecule has 0 bridgehead atoms. The summed E-state index contributed by atoms with van der Waals surface area (Å²) in [6.45, 7) is 6.76. The van der Waals surface area contributed by atoms with Gasteiger partial charge in [-0.25, -0.2) is 0 Å². The standard InChI is InChI=1S/C15H21N5OS/c1-11-3-4-13(9-12(11)2)20-15(22)19(16-17-20)10-18-7-5-14(21)6-8-18/h3-4,9,14,21H,5-8,10H2,1-2H3/p+1. The monoisotopic (exact) mass is 320 g/mol. The summed E-state index contributed by atoms with van der Waals surface area (Å²) < 4.78 is 4.10. The van der Waals surface area contributed by atoms with Crippen LogP contribution in [0.15, 0.2) is 18.2 Å². The molecule has 0 saturated carbocycles. The molecule has 1 saturated heterocycles. The maximum atomic E-state index is 9.58. The van der Waals surface area contributed by atoms with E-state index in [1.54, 1.807) is 9.36 Å². The molecule has 1 aliphatic rings. The quantitative estimate of drug-likeness (QED) is 0.805. The second kappa shape index (κ2) is 6.28. The molecule has 0 unspecified atom stereocenters. The van der Waals surface area contributed by atoms with Crippen molar-refractivity contribution in [2.75, 3.05) is 13.1 Å². The van der Waals surface area contributed by atoms with Gasteiger partial charge in [0.2, 0.25) is 4.77 Å². The Bertz CT molecular complexity index is 715. The molecular weight excluding hydrogens is 298 g/mol. The summed E-state index contributed by atoms with van der Waals surface area (Å²) in [5, 5.41) is 18.0. The second-order valence-corrected chi connectivity index (χ2v) is 6.45. The lowest BCUT2D eigenvalue weighted by Crippen LogP contribution is -3.12. The molecule has 3 rings (SSSR count). The number of aliphatic hydroxyl groups excluding tert-OH is 1. The average molecular weight is 320 g/mol. The zero-order valence-corrected chi connectivity index (χ0v) is 13.8. The zero-order valence-electron chi connectivity index (χ0n) is 13.0. The SMILES string of the molecule is Cc1ccc(-n2nnn(C[NH+]3CCC(O)CC3)c2=S)cc1C. The lowest BCUT2D eigenvalue weighted by atomic mass is 10.1. The fourth-order valence-electron chi connectivity index (χ4n) is 2.77. The number of rotatable bonds is 3. The zero-order chi connectivity index (χ0) is 15.7. The van der Waals surface area contributed by atoms with Gasteiger partial charge >= 0.3 is 0 Å². The number of aromatic nitrogens is 4. The van der Waals surface area contributed by atoms with Gasteiger partial charge in [-0.15, -0.1) is 0 Å². The number of tetrazole rings is 1. The Morgan fingerprint density at radius 1 is 1.23 bits per heavy atom. The minimum atomic E-state index is -0.150. The van der Waals surface area contributed by atoms with Crippen LogP contribution in [0.25, 0.3) is 5.69 Å². The predicted molar refractivity (Wildman–Crippen MR) is 85.6 cm³/mol. The van der Waals surface area contributed by atoms with Gasteiger partial charge in [-0.2, -0.15) is 9.36 Å². The van der Waals surface area contributed by atoms with E-state index in [9.17, 15) is 5.11 Å². The van der Waals surface area contributed by atoms with Gasteiger partial charge in [-0.05, 0) is 59.8 Å². The number of hydrogen-bond acceptors (Lipinski definition) is 4. The van der Waals surface area contributed by atoms with E-state index in [4.69, 9.17) is 12.2 Å². The highest BCUT2D eigenvalue weighted by molar-refractivity contribution is 7.71. The van der Waals surface area contributed by atoms with Gasteiger partial charge in [0.25, 0.3) is 0 Å². The van der Waals surface area contributed by atoms with Crippen LogP contribution in [0, 0.1) is 18.6 Å². The first-order valence-electron chi connectivity index (χ1n) is 7.66. The number of piperidine rings is 1. The third kappa shape index (κ3) is 3.11. The van der Waals surface area contributed by atoms with Crippen LogP contribution in [0.1, 0.15) is 24.0 Å². The smallest absolute Gasteiger partial charge is 0.225 e. The number of nitrogens with zero attached hydrogens (tertiary/aromatic N) is 4. The minimum Gasteiger partial charge on any atom is -0.393 e. The first-order valence-corrected chi connectivity index (χ1v) is 8.07. The Labute approximate surface area is 135 Å². The normalized spacial score (nSPS) is 22.0. The second-order valence-electron chi connectivity index (χ2n) is 6.08. The van der Waals surface area contributed by atoms with Crippen LogP contribution < -0.4 is 4.90 Å². The molecule has 1 aromatic heterocycles. The lowest BCUT2D eigenvalue weighted by Gasteiger charge is -2.25. The van der Waals surface area contributed by atoms with E-state index in [1.807, 2.05) is 6.07 Å². The molecule has 1 aliphatic heterocycles. The van der Waals surface area contributed by atoms with Crippen molar-refractivity contribution in [1.29, 1.82) is 0 Å². The molecule has 2 N–H and O–H groups in total. The van der Waals surface area contributed by atoms with Crippen LogP contribution >= 0.6 is 12.2 Å². The number of aliphatic hydroxyl groups is 1. The van der Waals surface area contributed by atoms with E-state index < -0.39 is 0 Å². The van der Waals surface area contributed by atoms with Crippen molar-refractivity contribution in [2.45, 2.75) is 39.5 Å². The molecule has 118 valence electrons. The third-order valence-electron chi connectivity index (χ3n) is 4.41. The fourth-order valence-corrected chi connectivity index (χ4v) is 3.02. The van der Waals surface area contributed by atoms with E-state index >= 15 is 0 Å². The molecule has 0 radical (unpaired) electrons. The molecule has 0 amide bonds. The maximum Gasteiger partial charge on any atom is 0.225 e. The van der Waals surface area contributed by atoms with Crippen LogP contribution in [-0.2, 0) is 6.67 Å². The van der Waals surface area contributed by atoms with Crippen LogP contribution in [0.4, 0.5) is 0 Å². The van der Waals surface area contributed by atoms with E-state index in [-0.39, 0.29) is 6.10 Å². The van der Waals surface area contributed by atoms with E-state index in [0.717, 1.165) is 31.6 Å². The Hall–Kier alpha value is -1.57. The van der Waals surface area contributed by atoms with Gasteiger partial charge in [-0.3, -0.25) is 0 Å². The average Bonchev–Trinajstić information content (AvgIpc) is 2.86. The summed E-state index contributed by atoms with van der Waals surface area (Å²) in [4.78, 5) is 1.38. The number of benzene rings is 1. The third-order valence-corrected chi connectivity index (χ3v) is 4.79. The van der Waals surface area contributed by atoms with Gasteiger partial charge < -0.3 is 10.0 Å². The van der Waals surface area contributed by atoms with Gasteiger partial charge in [-0.1, -0.05) is 6.07 Å². The first kappa shape index (κ1) is 15.3. The van der Waals surface area contributed by atoms with Gasteiger partial charge in [0.15, 0.2) is 6.67 Å². The molecule has 0 spiro atoms. The Kier molecular flexibility index (Phi) is 4.37. The topological polar surface area (TPSA) is 60.3 Å². The summed E-state index contributed by atoms with van der Waals surface area (Å²) in [5.41, 5.74) is 3.41. The molecule has 0 aliphatic carbocycles. The van der Waals surface area contributed by atoms with E-state index in [2.05, 4.69) is 36.4 Å². The van der Waals surface area contributed by atoms with Crippen molar-refractivity contribution in [3.8, 4) is 5.69 Å². The molecule has 7 heteroatoms. The van der Waals surface area contributed by atoms with Crippen molar-refractivity contribution in [2.24, 2.45) is 0 Å². The molecule has 2 aromatic rings. The number of likely N-dealkylation sites (tertiary alicyclic amines) is 1. The van der Waals surface area contributed by atoms with Crippen molar-refractivity contribution in [1.82, 2.24) is 19.8 Å². The minimum absolute atomic E-state index is 0.150. The van der Waals surface area contributed by atoms with Crippen molar-refractivity contribution >= 4 is 12.2 Å². The number of aryl methyl sites for hydroxylation is 2. The summed E-state index contributed by atoms with van der Waals surface area (Å²) in [5.74, 6) is 0. The van der Waals surface area contributed by atoms with Crippen LogP contribution in [0.2, 0.25) is 0 Å². The van der Waals surface area contributed by atoms with Crippen LogP contribution in [0.5, 0.6) is 0 Å². The highest BCUT2D eigenvalue weighted by Gasteiger charge is 2.21. The van der Waals surface area contributed by atoms with E-state index in [0.29, 0.717) is 11.4 Å². The van der Waals surface area contributed by atoms with Crippen molar-refractivity contribution in [3.63, 3.8) is 0 Å². The van der Waals surface area contributed by atoms with Gasteiger partial charge in [0.1, 0.15) is 0 Å². The molecular formula is C15H22N5OS+. The molecule has 1 aromatic carbocycles. The molecule has 2 heterocycles. The highest BCUT2D eigenvalue weighted by Crippen LogP contribution is 2.13. The summed E-state index contributed by atoms with van der Waals surface area (Å²) in [6.07, 6.45) is 1.53. The Balaban J connectivity index is 1.80. The Morgan fingerprint density at radius 2 is 1.95 bits per heavy atom. The lowest BCUT2D eigenvalue weighted by molar-refractivity contribution is -0.929. The summed E-state index contributed by atoms with van der Waals surface area (Å²) in [7, 11) is 0. The highest BCUT2D eigenvalue weighted by atomic mass is 32.1. The summed E-state index contributed by atoms with van der Waals surface area (Å²) >= 11 is 5.51. The largest absolute Gasteiger partial charge is 0.393 e. The summed E-state index contributed by atoms with van der Waals surface area (Å²) in [6, 6.07) is 6.16.